The average molecular weight is 217 g/mol. The fourth-order valence-electron chi connectivity index (χ4n) is 3.03. The van der Waals surface area contributed by atoms with E-state index < -0.39 is 5.97 Å². The zero-order valence-electron chi connectivity index (χ0n) is 9.15. The Labute approximate surface area is 94.6 Å². The summed E-state index contributed by atoms with van der Waals surface area (Å²) in [5, 5.41) is 9.03. The van der Waals surface area contributed by atoms with E-state index in [1.54, 1.807) is 0 Å². The first-order chi connectivity index (χ1) is 7.75. The minimum atomic E-state index is -0.665. The molecule has 84 valence electrons. The molecule has 1 fully saturated rings. The Balaban J connectivity index is 1.85. The number of hydrogen-bond donors (Lipinski definition) is 1. The summed E-state index contributed by atoms with van der Waals surface area (Å²) in [5.74, 6) is -0.405. The van der Waals surface area contributed by atoms with E-state index in [1.807, 2.05) is 0 Å². The quantitative estimate of drug-likeness (QED) is 0.733. The fraction of sp³-hybridized carbons (Fsp3) is 0.538. The van der Waals surface area contributed by atoms with Crippen LogP contribution in [0.25, 0.3) is 0 Å². The SMILES string of the molecule is O=C(O)C1CCC2C(=NC3=C2CCC=C3)C1. The molecule has 16 heavy (non-hydrogen) atoms. The van der Waals surface area contributed by atoms with E-state index in [0.29, 0.717) is 12.3 Å². The van der Waals surface area contributed by atoms with Crippen LogP contribution in [-0.4, -0.2) is 16.8 Å². The summed E-state index contributed by atoms with van der Waals surface area (Å²) in [4.78, 5) is 15.6. The van der Waals surface area contributed by atoms with Crippen molar-refractivity contribution in [3.63, 3.8) is 0 Å². The zero-order chi connectivity index (χ0) is 11.1. The van der Waals surface area contributed by atoms with Crippen LogP contribution in [0.5, 0.6) is 0 Å². The highest BCUT2D eigenvalue weighted by Crippen LogP contribution is 2.41. The predicted octanol–water partition coefficient (Wildman–Crippen LogP) is 2.55. The van der Waals surface area contributed by atoms with E-state index in [2.05, 4.69) is 17.1 Å². The van der Waals surface area contributed by atoms with Crippen molar-refractivity contribution in [1.82, 2.24) is 0 Å². The fourth-order valence-corrected chi connectivity index (χ4v) is 3.03. The van der Waals surface area contributed by atoms with E-state index in [9.17, 15) is 4.79 Å². The molecule has 0 spiro atoms. The molecule has 1 aliphatic heterocycles. The number of hydrogen-bond acceptors (Lipinski definition) is 2. The second-order valence-electron chi connectivity index (χ2n) is 4.82. The average Bonchev–Trinajstić information content (AvgIpc) is 2.66. The van der Waals surface area contributed by atoms with Gasteiger partial charge in [-0.25, -0.2) is 0 Å². The van der Waals surface area contributed by atoms with Crippen LogP contribution in [0.3, 0.4) is 0 Å². The first-order valence-electron chi connectivity index (χ1n) is 5.95. The Morgan fingerprint density at radius 1 is 1.44 bits per heavy atom. The lowest BCUT2D eigenvalue weighted by Gasteiger charge is -2.26. The maximum atomic E-state index is 11.0. The van der Waals surface area contributed by atoms with Crippen molar-refractivity contribution in [1.29, 1.82) is 0 Å². The molecule has 0 aromatic carbocycles. The Morgan fingerprint density at radius 3 is 3.12 bits per heavy atom. The first kappa shape index (κ1) is 9.82. The summed E-state index contributed by atoms with van der Waals surface area (Å²) in [6.45, 7) is 0. The van der Waals surface area contributed by atoms with Gasteiger partial charge in [-0.15, -0.1) is 0 Å². The molecule has 1 saturated carbocycles. The van der Waals surface area contributed by atoms with Crippen molar-refractivity contribution in [2.45, 2.75) is 32.1 Å². The molecule has 2 unspecified atom stereocenters. The molecule has 0 aromatic heterocycles. The lowest BCUT2D eigenvalue weighted by Crippen LogP contribution is -2.28. The Kier molecular flexibility index (Phi) is 2.20. The van der Waals surface area contributed by atoms with Crippen molar-refractivity contribution in [2.75, 3.05) is 0 Å². The highest BCUT2D eigenvalue weighted by atomic mass is 16.4. The lowest BCUT2D eigenvalue weighted by molar-refractivity contribution is -0.142. The third kappa shape index (κ3) is 1.42. The molecule has 0 aromatic rings. The smallest absolute Gasteiger partial charge is 0.306 e. The van der Waals surface area contributed by atoms with Gasteiger partial charge in [0, 0.05) is 11.6 Å². The molecular weight excluding hydrogens is 202 g/mol. The van der Waals surface area contributed by atoms with Crippen molar-refractivity contribution in [3.8, 4) is 0 Å². The number of carboxylic acid groups (broad SMARTS) is 1. The minimum absolute atomic E-state index is 0.208. The third-order valence-electron chi connectivity index (χ3n) is 3.88. The minimum Gasteiger partial charge on any atom is -0.481 e. The van der Waals surface area contributed by atoms with Gasteiger partial charge in [-0.1, -0.05) is 6.08 Å². The number of aliphatic carboxylic acids is 1. The summed E-state index contributed by atoms with van der Waals surface area (Å²) in [7, 11) is 0. The number of rotatable bonds is 1. The van der Waals surface area contributed by atoms with Crippen LogP contribution in [0.2, 0.25) is 0 Å². The summed E-state index contributed by atoms with van der Waals surface area (Å²) < 4.78 is 0. The van der Waals surface area contributed by atoms with Gasteiger partial charge in [-0.05, 0) is 43.8 Å². The van der Waals surface area contributed by atoms with Crippen LogP contribution >= 0.6 is 0 Å². The van der Waals surface area contributed by atoms with E-state index >= 15 is 0 Å². The molecule has 3 heteroatoms. The molecule has 0 radical (unpaired) electrons. The highest BCUT2D eigenvalue weighted by molar-refractivity contribution is 5.96. The number of nitrogens with zero attached hydrogens (tertiary/aromatic N) is 1. The monoisotopic (exact) mass is 217 g/mol. The predicted molar refractivity (Wildman–Crippen MR) is 61.3 cm³/mol. The summed E-state index contributed by atoms with van der Waals surface area (Å²) in [6.07, 6.45) is 8.92. The van der Waals surface area contributed by atoms with E-state index in [1.165, 1.54) is 5.57 Å². The van der Waals surface area contributed by atoms with Crippen molar-refractivity contribution in [2.24, 2.45) is 16.8 Å². The maximum absolute atomic E-state index is 11.0. The topological polar surface area (TPSA) is 49.7 Å². The van der Waals surface area contributed by atoms with Crippen LogP contribution < -0.4 is 0 Å². The molecular formula is C13H15NO2. The molecule has 3 rings (SSSR count). The van der Waals surface area contributed by atoms with Crippen molar-refractivity contribution < 1.29 is 9.90 Å². The molecule has 1 heterocycles. The Hall–Kier alpha value is -1.38. The van der Waals surface area contributed by atoms with Crippen LogP contribution in [0.15, 0.2) is 28.4 Å². The summed E-state index contributed by atoms with van der Waals surface area (Å²) >= 11 is 0. The highest BCUT2D eigenvalue weighted by Gasteiger charge is 2.36. The first-order valence-corrected chi connectivity index (χ1v) is 5.95. The Morgan fingerprint density at radius 2 is 2.31 bits per heavy atom. The zero-order valence-corrected chi connectivity index (χ0v) is 9.15. The van der Waals surface area contributed by atoms with Gasteiger partial charge in [-0.2, -0.15) is 0 Å². The molecule has 1 N–H and O–H groups in total. The standard InChI is InChI=1S/C13H15NO2/c15-13(16)8-5-6-10-9-3-1-2-4-11(9)14-12(10)7-8/h2,4,8,10H,1,3,5-7H2,(H,15,16). The number of aliphatic imine (C=N–C) groups is 1. The number of fused-ring (bicyclic) bond motifs is 2. The second kappa shape index (κ2) is 3.58. The van der Waals surface area contributed by atoms with Gasteiger partial charge in [0.1, 0.15) is 0 Å². The second-order valence-corrected chi connectivity index (χ2v) is 4.82. The van der Waals surface area contributed by atoms with Gasteiger partial charge in [0.2, 0.25) is 0 Å². The van der Waals surface area contributed by atoms with Crippen molar-refractivity contribution >= 4 is 11.7 Å². The van der Waals surface area contributed by atoms with Gasteiger partial charge in [0.05, 0.1) is 11.6 Å². The number of carbonyl (C=O) groups is 1. The van der Waals surface area contributed by atoms with E-state index in [0.717, 1.165) is 37.1 Å². The molecule has 3 aliphatic rings. The van der Waals surface area contributed by atoms with Crippen molar-refractivity contribution in [3.05, 3.63) is 23.4 Å². The Bertz CT molecular complexity index is 431. The molecule has 3 nitrogen and oxygen atoms in total. The molecule has 2 aliphatic carbocycles. The number of allylic oxidation sites excluding steroid dienone is 3. The normalized spacial score (nSPS) is 32.1. The van der Waals surface area contributed by atoms with Gasteiger partial charge >= 0.3 is 5.97 Å². The maximum Gasteiger partial charge on any atom is 0.306 e. The van der Waals surface area contributed by atoms with Crippen LogP contribution in [-0.2, 0) is 4.79 Å². The summed E-state index contributed by atoms with van der Waals surface area (Å²) in [5.41, 5.74) is 3.70. The summed E-state index contributed by atoms with van der Waals surface area (Å²) in [6, 6.07) is 0. The number of carboxylic acids is 1. The largest absolute Gasteiger partial charge is 0.481 e. The van der Waals surface area contributed by atoms with E-state index in [4.69, 9.17) is 5.11 Å². The third-order valence-corrected chi connectivity index (χ3v) is 3.88. The van der Waals surface area contributed by atoms with Gasteiger partial charge in [0.25, 0.3) is 0 Å². The van der Waals surface area contributed by atoms with Crippen LogP contribution in [0.4, 0.5) is 0 Å². The van der Waals surface area contributed by atoms with Gasteiger partial charge in [0.15, 0.2) is 0 Å². The van der Waals surface area contributed by atoms with Gasteiger partial charge < -0.3 is 5.11 Å². The molecule has 0 amide bonds. The van der Waals surface area contributed by atoms with E-state index in [-0.39, 0.29) is 5.92 Å². The lowest BCUT2D eigenvalue weighted by atomic mass is 9.76. The van der Waals surface area contributed by atoms with Crippen LogP contribution in [0.1, 0.15) is 32.1 Å². The molecule has 0 saturated heterocycles. The van der Waals surface area contributed by atoms with Gasteiger partial charge in [-0.3, -0.25) is 9.79 Å². The molecule has 2 atom stereocenters. The molecule has 0 bridgehead atoms. The van der Waals surface area contributed by atoms with Crippen LogP contribution in [0, 0.1) is 11.8 Å².